The van der Waals surface area contributed by atoms with Gasteiger partial charge >= 0.3 is 0 Å². The summed E-state index contributed by atoms with van der Waals surface area (Å²) in [4.78, 5) is 0. The quantitative estimate of drug-likeness (QED) is 0.186. The van der Waals surface area contributed by atoms with Crippen molar-refractivity contribution < 1.29 is 4.42 Å². The molecule has 0 bridgehead atoms. The molecule has 3 aromatic heterocycles. The van der Waals surface area contributed by atoms with Crippen LogP contribution in [0.4, 0.5) is 0 Å². The summed E-state index contributed by atoms with van der Waals surface area (Å²) in [6, 6.07) is 65.5. The summed E-state index contributed by atoms with van der Waals surface area (Å²) in [6.07, 6.45) is 0. The molecule has 3 heteroatoms. The first-order valence-electron chi connectivity index (χ1n) is 17.4. The number of para-hydroxylation sites is 4. The molecule has 0 aliphatic heterocycles. The molecule has 0 unspecified atom stereocenters. The van der Waals surface area contributed by atoms with Crippen molar-refractivity contribution in [3.8, 4) is 33.6 Å². The van der Waals surface area contributed by atoms with Crippen LogP contribution >= 0.6 is 0 Å². The first kappa shape index (κ1) is 28.0. The van der Waals surface area contributed by atoms with Crippen LogP contribution in [0, 0.1) is 0 Å². The van der Waals surface area contributed by atoms with Crippen LogP contribution in [0.15, 0.2) is 186 Å². The van der Waals surface area contributed by atoms with E-state index < -0.39 is 0 Å². The molecule has 8 aromatic carbocycles. The Morgan fingerprint density at radius 3 is 1.53 bits per heavy atom. The molecule has 0 aliphatic rings. The summed E-state index contributed by atoms with van der Waals surface area (Å²) in [7, 11) is 0. The molecule has 0 aliphatic carbocycles. The smallest absolute Gasteiger partial charge is 0.159 e. The summed E-state index contributed by atoms with van der Waals surface area (Å²) in [5.41, 5.74) is 13.3. The van der Waals surface area contributed by atoms with E-state index in [0.29, 0.717) is 0 Å². The lowest BCUT2D eigenvalue weighted by Gasteiger charge is -2.13. The van der Waals surface area contributed by atoms with Crippen LogP contribution in [-0.4, -0.2) is 9.13 Å². The van der Waals surface area contributed by atoms with E-state index >= 15 is 0 Å². The molecule has 0 atom stereocenters. The van der Waals surface area contributed by atoms with Crippen molar-refractivity contribution in [3.63, 3.8) is 0 Å². The van der Waals surface area contributed by atoms with E-state index in [1.807, 2.05) is 6.07 Å². The summed E-state index contributed by atoms with van der Waals surface area (Å²) in [5.74, 6) is 0. The minimum atomic E-state index is 0.887. The van der Waals surface area contributed by atoms with Gasteiger partial charge in [-0.05, 0) is 76.9 Å². The molecule has 0 saturated carbocycles. The Labute approximate surface area is 293 Å². The zero-order valence-corrected chi connectivity index (χ0v) is 27.6. The molecule has 3 nitrogen and oxygen atoms in total. The number of rotatable bonds is 4. The SMILES string of the molecule is c1ccc(-c2cc(-n3c4ccccc4c4ccc(-c5ccc6c7ccccc7n(-c7ccccc7)c6c5)cc43)c3oc4ccccc4c3c2)cc1. The molecule has 238 valence electrons. The molecule has 0 N–H and O–H groups in total. The highest BCUT2D eigenvalue weighted by atomic mass is 16.3. The van der Waals surface area contributed by atoms with Crippen molar-refractivity contribution >= 4 is 65.6 Å². The number of hydrogen-bond donors (Lipinski definition) is 0. The van der Waals surface area contributed by atoms with Crippen LogP contribution in [0.1, 0.15) is 0 Å². The van der Waals surface area contributed by atoms with Crippen LogP contribution < -0.4 is 0 Å². The number of nitrogens with zero attached hydrogens (tertiary/aromatic N) is 2. The Bertz CT molecular complexity index is 3130. The standard InChI is InChI=1S/C48H30N2O/c1-3-13-31(14-4-1)34-27-41-40-19-9-12-22-47(40)51-48(41)46(30-34)50-43-21-11-8-18-37(43)39-26-24-33(29-45(39)50)32-23-25-38-36-17-7-10-20-42(36)49(44(38)28-32)35-15-5-2-6-16-35/h1-30H. The number of aromatic nitrogens is 2. The normalized spacial score (nSPS) is 11.9. The molecule has 0 radical (unpaired) electrons. The van der Waals surface area contributed by atoms with Gasteiger partial charge in [-0.15, -0.1) is 0 Å². The second-order valence-electron chi connectivity index (χ2n) is 13.3. The maximum absolute atomic E-state index is 6.72. The Morgan fingerprint density at radius 1 is 0.314 bits per heavy atom. The molecule has 51 heavy (non-hydrogen) atoms. The molecular weight excluding hydrogens is 621 g/mol. The van der Waals surface area contributed by atoms with Crippen LogP contribution in [0.5, 0.6) is 0 Å². The third-order valence-electron chi connectivity index (χ3n) is 10.5. The predicted octanol–water partition coefficient (Wildman–Crippen LogP) is 13.1. The van der Waals surface area contributed by atoms with Crippen LogP contribution in [-0.2, 0) is 0 Å². The maximum Gasteiger partial charge on any atom is 0.159 e. The predicted molar refractivity (Wildman–Crippen MR) is 213 cm³/mol. The number of fused-ring (bicyclic) bond motifs is 9. The average molecular weight is 651 g/mol. The Hall–Kier alpha value is -6.84. The zero-order valence-electron chi connectivity index (χ0n) is 27.6. The van der Waals surface area contributed by atoms with Gasteiger partial charge in [0.15, 0.2) is 5.58 Å². The van der Waals surface area contributed by atoms with E-state index in [1.54, 1.807) is 0 Å². The van der Waals surface area contributed by atoms with E-state index in [0.717, 1.165) is 49.9 Å². The zero-order chi connectivity index (χ0) is 33.5. The average Bonchev–Trinajstić information content (AvgIpc) is 3.85. The maximum atomic E-state index is 6.72. The van der Waals surface area contributed by atoms with Gasteiger partial charge in [0.1, 0.15) is 5.58 Å². The Balaban J connectivity index is 1.20. The van der Waals surface area contributed by atoms with E-state index in [-0.39, 0.29) is 0 Å². The number of hydrogen-bond acceptors (Lipinski definition) is 1. The van der Waals surface area contributed by atoms with Gasteiger partial charge in [0.05, 0.1) is 27.8 Å². The van der Waals surface area contributed by atoms with E-state index in [9.17, 15) is 0 Å². The van der Waals surface area contributed by atoms with Crippen LogP contribution in [0.2, 0.25) is 0 Å². The topological polar surface area (TPSA) is 23.0 Å². The summed E-state index contributed by atoms with van der Waals surface area (Å²) >= 11 is 0. The summed E-state index contributed by atoms with van der Waals surface area (Å²) in [6.45, 7) is 0. The lowest BCUT2D eigenvalue weighted by atomic mass is 10.0. The highest BCUT2D eigenvalue weighted by Gasteiger charge is 2.20. The molecule has 11 aromatic rings. The van der Waals surface area contributed by atoms with Crippen molar-refractivity contribution in [1.29, 1.82) is 0 Å². The van der Waals surface area contributed by atoms with Gasteiger partial charge in [0, 0.05) is 38.0 Å². The van der Waals surface area contributed by atoms with Crippen molar-refractivity contribution in [2.24, 2.45) is 0 Å². The van der Waals surface area contributed by atoms with Gasteiger partial charge in [-0.1, -0.05) is 127 Å². The van der Waals surface area contributed by atoms with Gasteiger partial charge < -0.3 is 13.6 Å². The van der Waals surface area contributed by atoms with Gasteiger partial charge in [-0.2, -0.15) is 0 Å². The molecule has 0 spiro atoms. The Morgan fingerprint density at radius 2 is 0.843 bits per heavy atom. The van der Waals surface area contributed by atoms with E-state index in [1.165, 1.54) is 49.3 Å². The first-order valence-corrected chi connectivity index (χ1v) is 17.4. The third-order valence-corrected chi connectivity index (χ3v) is 10.5. The Kier molecular flexibility index (Phi) is 5.96. The van der Waals surface area contributed by atoms with E-state index in [2.05, 4.69) is 185 Å². The largest absolute Gasteiger partial charge is 0.454 e. The molecule has 3 heterocycles. The fourth-order valence-corrected chi connectivity index (χ4v) is 8.19. The van der Waals surface area contributed by atoms with Gasteiger partial charge in [-0.25, -0.2) is 0 Å². The molecule has 0 fully saturated rings. The van der Waals surface area contributed by atoms with Crippen molar-refractivity contribution in [1.82, 2.24) is 9.13 Å². The lowest BCUT2D eigenvalue weighted by molar-refractivity contribution is 0.666. The summed E-state index contributed by atoms with van der Waals surface area (Å²) < 4.78 is 11.5. The van der Waals surface area contributed by atoms with E-state index in [4.69, 9.17) is 4.42 Å². The minimum Gasteiger partial charge on any atom is -0.454 e. The highest BCUT2D eigenvalue weighted by Crippen LogP contribution is 2.42. The number of furan rings is 1. The summed E-state index contributed by atoms with van der Waals surface area (Å²) in [5, 5.41) is 7.17. The monoisotopic (exact) mass is 650 g/mol. The van der Waals surface area contributed by atoms with Crippen molar-refractivity contribution in [3.05, 3.63) is 182 Å². The highest BCUT2D eigenvalue weighted by molar-refractivity contribution is 6.15. The third kappa shape index (κ3) is 4.19. The lowest BCUT2D eigenvalue weighted by Crippen LogP contribution is -1.96. The molecule has 0 saturated heterocycles. The number of benzene rings is 8. The van der Waals surface area contributed by atoms with Gasteiger partial charge in [-0.3, -0.25) is 0 Å². The van der Waals surface area contributed by atoms with Crippen LogP contribution in [0.25, 0.3) is 99.2 Å². The fraction of sp³-hybridized carbons (Fsp3) is 0. The molecule has 0 amide bonds. The van der Waals surface area contributed by atoms with Crippen molar-refractivity contribution in [2.45, 2.75) is 0 Å². The van der Waals surface area contributed by atoms with Crippen LogP contribution in [0.3, 0.4) is 0 Å². The molecule has 11 rings (SSSR count). The second-order valence-corrected chi connectivity index (χ2v) is 13.3. The second kappa shape index (κ2) is 10.8. The first-order chi connectivity index (χ1) is 25.3. The fourth-order valence-electron chi connectivity index (χ4n) is 8.19. The molecular formula is C48H30N2O. The van der Waals surface area contributed by atoms with Crippen molar-refractivity contribution in [2.75, 3.05) is 0 Å². The van der Waals surface area contributed by atoms with Gasteiger partial charge in [0.25, 0.3) is 0 Å². The minimum absolute atomic E-state index is 0.887. The van der Waals surface area contributed by atoms with Gasteiger partial charge in [0.2, 0.25) is 0 Å².